The van der Waals surface area contributed by atoms with Gasteiger partial charge in [-0.25, -0.2) is 9.18 Å². The van der Waals surface area contributed by atoms with Crippen LogP contribution in [0.3, 0.4) is 0 Å². The molecule has 1 saturated heterocycles. The molecular weight excluding hydrogens is 189 g/mol. The first-order valence-corrected chi connectivity index (χ1v) is 4.57. The summed E-state index contributed by atoms with van der Waals surface area (Å²) in [5.41, 5.74) is -0.505. The fraction of sp³-hybridized carbons (Fsp3) is 0.889. The van der Waals surface area contributed by atoms with Gasteiger partial charge in [0.15, 0.2) is 0 Å². The summed E-state index contributed by atoms with van der Waals surface area (Å²) in [6.07, 6.45) is -3.87. The van der Waals surface area contributed by atoms with Gasteiger partial charge in [0, 0.05) is 0 Å². The fourth-order valence-electron chi connectivity index (χ4n) is 1.94. The number of alkyl halides is 1. The lowest BCUT2D eigenvalue weighted by atomic mass is 9.84. The van der Waals surface area contributed by atoms with Gasteiger partial charge in [0.1, 0.15) is 12.3 Å². The summed E-state index contributed by atoms with van der Waals surface area (Å²) in [6.45, 7) is 5.15. The van der Waals surface area contributed by atoms with Crippen molar-refractivity contribution in [2.75, 3.05) is 6.54 Å². The number of aliphatic hydroxyl groups is 1. The molecular formula is C9H16FNO3. The van der Waals surface area contributed by atoms with E-state index in [0.717, 1.165) is 4.90 Å². The highest BCUT2D eigenvalue weighted by molar-refractivity contribution is 5.66. The van der Waals surface area contributed by atoms with E-state index in [1.54, 1.807) is 20.8 Å². The fourth-order valence-corrected chi connectivity index (χ4v) is 1.94. The number of hydrogen-bond donors (Lipinski definition) is 2. The Morgan fingerprint density at radius 1 is 1.50 bits per heavy atom. The number of hydrogen-bond acceptors (Lipinski definition) is 2. The predicted octanol–water partition coefficient (Wildman–Crippen LogP) is 1.09. The van der Waals surface area contributed by atoms with Crippen molar-refractivity contribution in [2.24, 2.45) is 5.41 Å². The first-order valence-electron chi connectivity index (χ1n) is 4.57. The normalized spacial score (nSPS) is 33.5. The Balaban J connectivity index is 2.93. The Morgan fingerprint density at radius 2 is 2.00 bits per heavy atom. The molecule has 1 unspecified atom stereocenters. The average molecular weight is 205 g/mol. The molecule has 1 aliphatic rings. The van der Waals surface area contributed by atoms with E-state index in [4.69, 9.17) is 5.11 Å². The zero-order chi connectivity index (χ0) is 11.1. The maximum absolute atomic E-state index is 13.5. The molecule has 0 spiro atoms. The van der Waals surface area contributed by atoms with Gasteiger partial charge in [-0.3, -0.25) is 4.90 Å². The van der Waals surface area contributed by atoms with Crippen LogP contribution in [0.5, 0.6) is 0 Å². The van der Waals surface area contributed by atoms with E-state index < -0.39 is 29.8 Å². The summed E-state index contributed by atoms with van der Waals surface area (Å²) in [5.74, 6) is 0. The van der Waals surface area contributed by atoms with Crippen molar-refractivity contribution in [3.63, 3.8) is 0 Å². The van der Waals surface area contributed by atoms with Crippen LogP contribution in [0.25, 0.3) is 0 Å². The molecule has 1 heterocycles. The second-order valence-electron chi connectivity index (χ2n) is 4.76. The van der Waals surface area contributed by atoms with E-state index in [1.165, 1.54) is 0 Å². The highest BCUT2D eigenvalue weighted by Crippen LogP contribution is 2.34. The van der Waals surface area contributed by atoms with Gasteiger partial charge in [-0.2, -0.15) is 0 Å². The van der Waals surface area contributed by atoms with Crippen LogP contribution < -0.4 is 0 Å². The second-order valence-corrected chi connectivity index (χ2v) is 4.76. The van der Waals surface area contributed by atoms with Gasteiger partial charge in [0.25, 0.3) is 0 Å². The smallest absolute Gasteiger partial charge is 0.407 e. The lowest BCUT2D eigenvalue weighted by Crippen LogP contribution is -2.46. The number of amides is 1. The molecule has 0 aromatic rings. The molecule has 0 radical (unpaired) electrons. The molecule has 3 atom stereocenters. The largest absolute Gasteiger partial charge is 0.465 e. The average Bonchev–Trinajstić information content (AvgIpc) is 2.27. The lowest BCUT2D eigenvalue weighted by molar-refractivity contribution is 0.0629. The first-order chi connectivity index (χ1) is 6.25. The van der Waals surface area contributed by atoms with E-state index in [0.29, 0.717) is 0 Å². The highest BCUT2D eigenvalue weighted by atomic mass is 19.1. The molecule has 0 saturated carbocycles. The van der Waals surface area contributed by atoms with Crippen molar-refractivity contribution in [3.8, 4) is 0 Å². The molecule has 14 heavy (non-hydrogen) atoms. The Hall–Kier alpha value is -0.840. The van der Waals surface area contributed by atoms with Crippen LogP contribution in [0.4, 0.5) is 9.18 Å². The van der Waals surface area contributed by atoms with Crippen LogP contribution in [0, 0.1) is 5.41 Å². The standard InChI is InChI=1S/C9H16FNO3/c1-9(2,3)7-6(10)5(12)4-11(7)8(13)14/h5-7,12H,4H2,1-3H3,(H,13,14)/t5-,6+,7?/m0/s1. The number of carboxylic acid groups (broad SMARTS) is 1. The van der Waals surface area contributed by atoms with Gasteiger partial charge in [0.05, 0.1) is 12.6 Å². The number of carbonyl (C=O) groups is 1. The number of rotatable bonds is 0. The van der Waals surface area contributed by atoms with Crippen LogP contribution in [0.15, 0.2) is 0 Å². The number of halogens is 1. The van der Waals surface area contributed by atoms with Crippen molar-refractivity contribution in [3.05, 3.63) is 0 Å². The Bertz CT molecular complexity index is 239. The molecule has 1 fully saturated rings. The molecule has 0 aromatic carbocycles. The zero-order valence-corrected chi connectivity index (χ0v) is 8.57. The Morgan fingerprint density at radius 3 is 2.29 bits per heavy atom. The SMILES string of the molecule is CC(C)(C)C1[C@H](F)[C@@H](O)CN1C(=O)O. The first kappa shape index (κ1) is 11.2. The van der Waals surface area contributed by atoms with E-state index in [2.05, 4.69) is 0 Å². The quantitative estimate of drug-likeness (QED) is 0.622. The van der Waals surface area contributed by atoms with Crippen molar-refractivity contribution in [2.45, 2.75) is 39.1 Å². The summed E-state index contributed by atoms with van der Waals surface area (Å²) in [5, 5.41) is 18.1. The summed E-state index contributed by atoms with van der Waals surface area (Å²) < 4.78 is 13.5. The molecule has 2 N–H and O–H groups in total. The van der Waals surface area contributed by atoms with Gasteiger partial charge >= 0.3 is 6.09 Å². The highest BCUT2D eigenvalue weighted by Gasteiger charge is 2.49. The molecule has 0 aliphatic carbocycles. The summed E-state index contributed by atoms with van der Waals surface area (Å²) in [4.78, 5) is 11.8. The molecule has 1 rings (SSSR count). The Kier molecular flexibility index (Phi) is 2.71. The van der Waals surface area contributed by atoms with Gasteiger partial charge < -0.3 is 10.2 Å². The summed E-state index contributed by atoms with van der Waals surface area (Å²) in [7, 11) is 0. The van der Waals surface area contributed by atoms with Crippen LogP contribution in [-0.2, 0) is 0 Å². The van der Waals surface area contributed by atoms with E-state index in [9.17, 15) is 14.3 Å². The number of nitrogens with zero attached hydrogens (tertiary/aromatic N) is 1. The molecule has 1 aliphatic heterocycles. The van der Waals surface area contributed by atoms with E-state index in [-0.39, 0.29) is 6.54 Å². The minimum Gasteiger partial charge on any atom is -0.465 e. The Labute approximate surface area is 82.3 Å². The molecule has 0 bridgehead atoms. The molecule has 0 aromatic heterocycles. The maximum atomic E-state index is 13.5. The third-order valence-corrected chi connectivity index (χ3v) is 2.52. The summed E-state index contributed by atoms with van der Waals surface area (Å²) in [6, 6.07) is -0.769. The van der Waals surface area contributed by atoms with Gasteiger partial charge in [-0.05, 0) is 5.41 Å². The van der Waals surface area contributed by atoms with E-state index >= 15 is 0 Å². The number of aliphatic hydroxyl groups excluding tert-OH is 1. The lowest BCUT2D eigenvalue weighted by Gasteiger charge is -2.33. The van der Waals surface area contributed by atoms with Crippen molar-refractivity contribution < 1.29 is 19.4 Å². The van der Waals surface area contributed by atoms with Crippen LogP contribution in [0.2, 0.25) is 0 Å². The third-order valence-electron chi connectivity index (χ3n) is 2.52. The van der Waals surface area contributed by atoms with Gasteiger partial charge in [-0.1, -0.05) is 20.8 Å². The van der Waals surface area contributed by atoms with Crippen molar-refractivity contribution in [1.82, 2.24) is 4.90 Å². The van der Waals surface area contributed by atoms with Crippen LogP contribution in [0.1, 0.15) is 20.8 Å². The topological polar surface area (TPSA) is 60.8 Å². The van der Waals surface area contributed by atoms with Crippen molar-refractivity contribution >= 4 is 6.09 Å². The molecule has 5 heteroatoms. The number of β-amino-alcohol motifs (C(OH)–C–C–N with tert-alkyl or cyclic N) is 1. The second kappa shape index (κ2) is 3.38. The van der Waals surface area contributed by atoms with Gasteiger partial charge in [-0.15, -0.1) is 0 Å². The minimum absolute atomic E-state index is 0.140. The minimum atomic E-state index is -1.49. The van der Waals surface area contributed by atoms with Crippen LogP contribution in [-0.4, -0.2) is 46.1 Å². The molecule has 1 amide bonds. The zero-order valence-electron chi connectivity index (χ0n) is 8.57. The maximum Gasteiger partial charge on any atom is 0.407 e. The van der Waals surface area contributed by atoms with Crippen molar-refractivity contribution in [1.29, 1.82) is 0 Å². The predicted molar refractivity (Wildman–Crippen MR) is 48.9 cm³/mol. The molecule has 82 valence electrons. The number of likely N-dealkylation sites (tertiary alicyclic amines) is 1. The monoisotopic (exact) mass is 205 g/mol. The third kappa shape index (κ3) is 1.82. The molecule has 4 nitrogen and oxygen atoms in total. The van der Waals surface area contributed by atoms with Gasteiger partial charge in [0.2, 0.25) is 0 Å². The summed E-state index contributed by atoms with van der Waals surface area (Å²) >= 11 is 0. The van der Waals surface area contributed by atoms with E-state index in [1.807, 2.05) is 0 Å². The van der Waals surface area contributed by atoms with Crippen LogP contribution >= 0.6 is 0 Å².